The second-order valence-electron chi connectivity index (χ2n) is 2.61. The molecule has 3 heteroatoms. The second-order valence-corrected chi connectivity index (χ2v) is 2.61. The highest BCUT2D eigenvalue weighted by Crippen LogP contribution is 2.18. The molecule has 0 bridgehead atoms. The number of nitrogens with two attached hydrogens (primary N) is 1. The molecule has 0 unspecified atom stereocenters. The molecule has 0 aliphatic carbocycles. The lowest BCUT2D eigenvalue weighted by Gasteiger charge is -1.98. The first-order chi connectivity index (χ1) is 6.24. The van der Waals surface area contributed by atoms with Gasteiger partial charge < -0.3 is 5.73 Å². The minimum atomic E-state index is -2.40. The molecular formula is C10H11F2N. The third-order valence-corrected chi connectivity index (χ3v) is 1.63. The van der Waals surface area contributed by atoms with Crippen LogP contribution < -0.4 is 5.73 Å². The Morgan fingerprint density at radius 1 is 1.23 bits per heavy atom. The van der Waals surface area contributed by atoms with E-state index in [9.17, 15) is 8.78 Å². The van der Waals surface area contributed by atoms with Gasteiger partial charge in [0.2, 0.25) is 0 Å². The van der Waals surface area contributed by atoms with Crippen LogP contribution in [0, 0.1) is 0 Å². The fourth-order valence-electron chi connectivity index (χ4n) is 0.957. The number of hydrogen-bond donors (Lipinski definition) is 1. The first-order valence-corrected chi connectivity index (χ1v) is 3.98. The van der Waals surface area contributed by atoms with E-state index in [-0.39, 0.29) is 5.56 Å². The average molecular weight is 183 g/mol. The molecule has 0 fully saturated rings. The van der Waals surface area contributed by atoms with Gasteiger partial charge in [-0.25, -0.2) is 8.78 Å². The summed E-state index contributed by atoms with van der Waals surface area (Å²) in [6, 6.07) is 6.13. The van der Waals surface area contributed by atoms with Crippen molar-refractivity contribution >= 4 is 6.08 Å². The zero-order valence-corrected chi connectivity index (χ0v) is 7.08. The molecule has 0 atom stereocenters. The van der Waals surface area contributed by atoms with Crippen molar-refractivity contribution in [2.75, 3.05) is 6.54 Å². The maximum atomic E-state index is 12.1. The lowest BCUT2D eigenvalue weighted by atomic mass is 10.1. The van der Waals surface area contributed by atoms with Crippen molar-refractivity contribution in [3.05, 3.63) is 41.5 Å². The van der Waals surface area contributed by atoms with Gasteiger partial charge in [-0.3, -0.25) is 0 Å². The van der Waals surface area contributed by atoms with E-state index in [1.54, 1.807) is 24.3 Å². The van der Waals surface area contributed by atoms with Gasteiger partial charge in [0.1, 0.15) is 0 Å². The lowest BCUT2D eigenvalue weighted by Crippen LogP contribution is -1.92. The van der Waals surface area contributed by atoms with E-state index in [4.69, 9.17) is 5.73 Å². The summed E-state index contributed by atoms with van der Waals surface area (Å²) in [6.45, 7) is 0.455. The van der Waals surface area contributed by atoms with Gasteiger partial charge >= 0.3 is 0 Å². The Balaban J connectivity index is 2.75. The van der Waals surface area contributed by atoms with Crippen LogP contribution in [0.2, 0.25) is 0 Å². The summed E-state index contributed by atoms with van der Waals surface area (Å²) >= 11 is 0. The van der Waals surface area contributed by atoms with E-state index in [1.165, 1.54) is 12.1 Å². The highest BCUT2D eigenvalue weighted by Gasteiger charge is 2.04. The maximum Gasteiger partial charge on any atom is 0.263 e. The molecule has 0 spiro atoms. The largest absolute Gasteiger partial charge is 0.327 e. The summed E-state index contributed by atoms with van der Waals surface area (Å²) < 4.78 is 24.2. The van der Waals surface area contributed by atoms with Gasteiger partial charge in [-0.1, -0.05) is 36.4 Å². The minimum Gasteiger partial charge on any atom is -0.327 e. The van der Waals surface area contributed by atoms with Crippen molar-refractivity contribution < 1.29 is 8.78 Å². The standard InChI is InChI=1S/C10H11F2N/c11-10(12)9-5-3-8(4-6-9)2-1-7-13/h1-6,10H,7,13H2. The Morgan fingerprint density at radius 3 is 2.31 bits per heavy atom. The molecule has 0 radical (unpaired) electrons. The van der Waals surface area contributed by atoms with Gasteiger partial charge in [0, 0.05) is 12.1 Å². The van der Waals surface area contributed by atoms with Crippen LogP contribution in [0.25, 0.3) is 6.08 Å². The first-order valence-electron chi connectivity index (χ1n) is 3.98. The van der Waals surface area contributed by atoms with Crippen LogP contribution in [0.3, 0.4) is 0 Å². The Kier molecular flexibility index (Phi) is 3.58. The molecule has 2 N–H and O–H groups in total. The van der Waals surface area contributed by atoms with Crippen LogP contribution in [0.15, 0.2) is 30.3 Å². The monoisotopic (exact) mass is 183 g/mol. The van der Waals surface area contributed by atoms with Gasteiger partial charge in [0.05, 0.1) is 0 Å². The minimum absolute atomic E-state index is 0.0462. The summed E-state index contributed by atoms with van der Waals surface area (Å²) in [7, 11) is 0. The number of halogens is 2. The average Bonchev–Trinajstić information content (AvgIpc) is 2.15. The molecule has 0 aliphatic heterocycles. The topological polar surface area (TPSA) is 26.0 Å². The van der Waals surface area contributed by atoms with Gasteiger partial charge in [-0.2, -0.15) is 0 Å². The fraction of sp³-hybridized carbons (Fsp3) is 0.200. The number of rotatable bonds is 3. The Labute approximate surface area is 75.9 Å². The normalized spacial score (nSPS) is 11.4. The molecule has 13 heavy (non-hydrogen) atoms. The van der Waals surface area contributed by atoms with Crippen LogP contribution in [-0.2, 0) is 0 Å². The number of benzene rings is 1. The van der Waals surface area contributed by atoms with Crippen molar-refractivity contribution in [1.29, 1.82) is 0 Å². The fourth-order valence-corrected chi connectivity index (χ4v) is 0.957. The molecule has 1 rings (SSSR count). The summed E-state index contributed by atoms with van der Waals surface area (Å²) in [5.41, 5.74) is 6.18. The third kappa shape index (κ3) is 2.95. The maximum absolute atomic E-state index is 12.1. The summed E-state index contributed by atoms with van der Waals surface area (Å²) in [5.74, 6) is 0. The third-order valence-electron chi connectivity index (χ3n) is 1.63. The summed E-state index contributed by atoms with van der Waals surface area (Å²) in [5, 5.41) is 0. The molecule has 0 aliphatic rings. The predicted molar refractivity (Wildman–Crippen MR) is 49.5 cm³/mol. The predicted octanol–water partition coefficient (Wildman–Crippen LogP) is 2.60. The molecular weight excluding hydrogens is 172 g/mol. The van der Waals surface area contributed by atoms with E-state index < -0.39 is 6.43 Å². The molecule has 1 aromatic rings. The zero-order chi connectivity index (χ0) is 9.68. The molecule has 70 valence electrons. The van der Waals surface area contributed by atoms with Crippen LogP contribution in [0.4, 0.5) is 8.78 Å². The van der Waals surface area contributed by atoms with Gasteiger partial charge in [0.15, 0.2) is 0 Å². The quantitative estimate of drug-likeness (QED) is 0.765. The Hall–Kier alpha value is -1.22. The van der Waals surface area contributed by atoms with Gasteiger partial charge in [0.25, 0.3) is 6.43 Å². The smallest absolute Gasteiger partial charge is 0.263 e. The second kappa shape index (κ2) is 4.72. The van der Waals surface area contributed by atoms with Crippen molar-refractivity contribution in [3.63, 3.8) is 0 Å². The molecule has 0 saturated heterocycles. The SMILES string of the molecule is NCC=Cc1ccc(C(F)F)cc1. The van der Waals surface area contributed by atoms with Crippen LogP contribution >= 0.6 is 0 Å². The van der Waals surface area contributed by atoms with Gasteiger partial charge in [-0.15, -0.1) is 0 Å². The Bertz CT molecular complexity index is 277. The van der Waals surface area contributed by atoms with E-state index in [0.29, 0.717) is 6.54 Å². The highest BCUT2D eigenvalue weighted by atomic mass is 19.3. The molecule has 0 heterocycles. The van der Waals surface area contributed by atoms with Gasteiger partial charge in [-0.05, 0) is 5.56 Å². The molecule has 1 nitrogen and oxygen atoms in total. The number of alkyl halides is 2. The van der Waals surface area contributed by atoms with Crippen LogP contribution in [0.5, 0.6) is 0 Å². The van der Waals surface area contributed by atoms with E-state index in [2.05, 4.69) is 0 Å². The first kappa shape index (κ1) is 9.86. The Morgan fingerprint density at radius 2 is 1.85 bits per heavy atom. The van der Waals surface area contributed by atoms with Crippen molar-refractivity contribution in [1.82, 2.24) is 0 Å². The van der Waals surface area contributed by atoms with E-state index >= 15 is 0 Å². The molecule has 0 amide bonds. The molecule has 0 aromatic heterocycles. The number of hydrogen-bond acceptors (Lipinski definition) is 1. The molecule has 0 saturated carbocycles. The highest BCUT2D eigenvalue weighted by molar-refractivity contribution is 5.49. The van der Waals surface area contributed by atoms with E-state index in [1.807, 2.05) is 0 Å². The van der Waals surface area contributed by atoms with Crippen LogP contribution in [0.1, 0.15) is 17.6 Å². The summed E-state index contributed by atoms with van der Waals surface area (Å²) in [4.78, 5) is 0. The van der Waals surface area contributed by atoms with Crippen molar-refractivity contribution in [2.24, 2.45) is 5.73 Å². The van der Waals surface area contributed by atoms with Crippen LogP contribution in [-0.4, -0.2) is 6.54 Å². The summed E-state index contributed by atoms with van der Waals surface area (Å²) in [6.07, 6.45) is 1.18. The van der Waals surface area contributed by atoms with Crippen molar-refractivity contribution in [2.45, 2.75) is 6.43 Å². The van der Waals surface area contributed by atoms with Crippen molar-refractivity contribution in [3.8, 4) is 0 Å². The lowest BCUT2D eigenvalue weighted by molar-refractivity contribution is 0.151. The molecule has 1 aromatic carbocycles. The van der Waals surface area contributed by atoms with E-state index in [0.717, 1.165) is 5.56 Å². The zero-order valence-electron chi connectivity index (χ0n) is 7.08.